The first-order valence-corrected chi connectivity index (χ1v) is 7.49. The van der Waals surface area contributed by atoms with Gasteiger partial charge in [-0.15, -0.1) is 0 Å². The van der Waals surface area contributed by atoms with E-state index in [0.717, 1.165) is 30.6 Å². The Labute approximate surface area is 126 Å². The van der Waals surface area contributed by atoms with E-state index in [9.17, 15) is 4.79 Å². The van der Waals surface area contributed by atoms with Crippen molar-refractivity contribution in [1.82, 2.24) is 5.43 Å². The van der Waals surface area contributed by atoms with Crippen LogP contribution in [0.4, 0.5) is 10.5 Å². The topological polar surface area (TPSA) is 41.6 Å². The minimum absolute atomic E-state index is 0.389. The average Bonchev–Trinajstić information content (AvgIpc) is 2.45. The molecule has 0 unspecified atom stereocenters. The lowest BCUT2D eigenvalue weighted by molar-refractivity contribution is 0.0565. The van der Waals surface area contributed by atoms with E-state index in [2.05, 4.69) is 11.5 Å². The van der Waals surface area contributed by atoms with Gasteiger partial charge in [-0.3, -0.25) is 5.43 Å². The number of para-hydroxylation sites is 1. The van der Waals surface area contributed by atoms with Gasteiger partial charge in [-0.05, 0) is 58.6 Å². The lowest BCUT2D eigenvalue weighted by Crippen LogP contribution is -2.45. The number of ether oxygens (including phenoxy) is 1. The molecule has 1 aliphatic rings. The molecule has 4 nitrogen and oxygen atoms in total. The first-order chi connectivity index (χ1) is 9.96. The SMILES string of the molecule is CC(C)(C)OC(=O)N(NC1=CCCCC1)c1ccccc1. The van der Waals surface area contributed by atoms with Crippen molar-refractivity contribution in [3.63, 3.8) is 0 Å². The summed E-state index contributed by atoms with van der Waals surface area (Å²) in [5, 5.41) is 1.49. The van der Waals surface area contributed by atoms with Crippen molar-refractivity contribution in [2.75, 3.05) is 5.01 Å². The molecule has 2 rings (SSSR count). The Balaban J connectivity index is 2.18. The van der Waals surface area contributed by atoms with Crippen LogP contribution in [-0.4, -0.2) is 11.7 Å². The van der Waals surface area contributed by atoms with Gasteiger partial charge in [-0.1, -0.05) is 24.3 Å². The van der Waals surface area contributed by atoms with E-state index < -0.39 is 5.60 Å². The first-order valence-electron chi connectivity index (χ1n) is 7.49. The van der Waals surface area contributed by atoms with Crippen molar-refractivity contribution in [3.05, 3.63) is 42.1 Å². The predicted molar refractivity (Wildman–Crippen MR) is 84.8 cm³/mol. The molecule has 1 aromatic carbocycles. The third-order valence-electron chi connectivity index (χ3n) is 3.14. The maximum absolute atomic E-state index is 12.4. The van der Waals surface area contributed by atoms with Crippen LogP contribution in [0.1, 0.15) is 46.5 Å². The lowest BCUT2D eigenvalue weighted by atomic mass is 10.1. The summed E-state index contributed by atoms with van der Waals surface area (Å²) in [4.78, 5) is 12.4. The number of amides is 1. The quantitative estimate of drug-likeness (QED) is 0.839. The van der Waals surface area contributed by atoms with E-state index in [1.807, 2.05) is 51.1 Å². The van der Waals surface area contributed by atoms with Crippen LogP contribution in [0.25, 0.3) is 0 Å². The van der Waals surface area contributed by atoms with Crippen LogP contribution in [0.3, 0.4) is 0 Å². The normalized spacial score (nSPS) is 15.1. The molecule has 0 saturated heterocycles. The number of hydrogen-bond donors (Lipinski definition) is 1. The van der Waals surface area contributed by atoms with Gasteiger partial charge in [0.05, 0.1) is 5.69 Å². The fourth-order valence-electron chi connectivity index (χ4n) is 2.18. The van der Waals surface area contributed by atoms with Gasteiger partial charge < -0.3 is 4.74 Å². The number of carbonyl (C=O) groups excluding carboxylic acids is 1. The molecule has 0 heterocycles. The van der Waals surface area contributed by atoms with E-state index in [0.29, 0.717) is 0 Å². The Hall–Kier alpha value is -1.97. The van der Waals surface area contributed by atoms with Crippen molar-refractivity contribution >= 4 is 11.8 Å². The van der Waals surface area contributed by atoms with Crippen molar-refractivity contribution in [2.45, 2.75) is 52.1 Å². The van der Waals surface area contributed by atoms with Gasteiger partial charge in [-0.25, -0.2) is 4.79 Å². The van der Waals surface area contributed by atoms with E-state index >= 15 is 0 Å². The van der Waals surface area contributed by atoms with Gasteiger partial charge in [0.1, 0.15) is 5.60 Å². The smallest absolute Gasteiger partial charge is 0.433 e. The van der Waals surface area contributed by atoms with Crippen LogP contribution in [0, 0.1) is 0 Å². The molecular formula is C17H24N2O2. The summed E-state index contributed by atoms with van der Waals surface area (Å²) in [5.74, 6) is 0. The Bertz CT molecular complexity index is 503. The highest BCUT2D eigenvalue weighted by Gasteiger charge is 2.24. The van der Waals surface area contributed by atoms with E-state index in [1.54, 1.807) is 0 Å². The summed E-state index contributed by atoms with van der Waals surface area (Å²) in [6, 6.07) is 9.52. The molecule has 1 aromatic rings. The molecule has 21 heavy (non-hydrogen) atoms. The fraction of sp³-hybridized carbons (Fsp3) is 0.471. The fourth-order valence-corrected chi connectivity index (χ4v) is 2.18. The lowest BCUT2D eigenvalue weighted by Gasteiger charge is -2.29. The Morgan fingerprint density at radius 2 is 1.90 bits per heavy atom. The number of hydrazine groups is 1. The van der Waals surface area contributed by atoms with Gasteiger partial charge in [0.15, 0.2) is 0 Å². The molecule has 0 atom stereocenters. The van der Waals surface area contributed by atoms with Crippen LogP contribution in [0.2, 0.25) is 0 Å². The van der Waals surface area contributed by atoms with Crippen molar-refractivity contribution in [2.24, 2.45) is 0 Å². The number of anilines is 1. The zero-order chi connectivity index (χ0) is 15.3. The molecule has 114 valence electrons. The molecule has 1 amide bonds. The number of nitrogens with one attached hydrogen (secondary N) is 1. The minimum atomic E-state index is -0.521. The second kappa shape index (κ2) is 6.66. The molecule has 0 fully saturated rings. The largest absolute Gasteiger partial charge is 0.442 e. The van der Waals surface area contributed by atoms with Crippen LogP contribution < -0.4 is 10.4 Å². The van der Waals surface area contributed by atoms with Crippen molar-refractivity contribution in [3.8, 4) is 0 Å². The molecular weight excluding hydrogens is 264 g/mol. The molecule has 0 spiro atoms. The zero-order valence-corrected chi connectivity index (χ0v) is 13.1. The van der Waals surface area contributed by atoms with Crippen molar-refractivity contribution < 1.29 is 9.53 Å². The highest BCUT2D eigenvalue weighted by molar-refractivity contribution is 5.87. The van der Waals surface area contributed by atoms with E-state index in [-0.39, 0.29) is 6.09 Å². The first kappa shape index (κ1) is 15.4. The van der Waals surface area contributed by atoms with Crippen molar-refractivity contribution in [1.29, 1.82) is 0 Å². The minimum Gasteiger partial charge on any atom is -0.442 e. The summed E-state index contributed by atoms with van der Waals surface area (Å²) in [6.45, 7) is 5.61. The number of allylic oxidation sites excluding steroid dienone is 2. The maximum atomic E-state index is 12.4. The predicted octanol–water partition coefficient (Wildman–Crippen LogP) is 4.39. The van der Waals surface area contributed by atoms with E-state index in [1.165, 1.54) is 11.4 Å². The molecule has 4 heteroatoms. The standard InChI is InChI=1S/C17H24N2O2/c1-17(2,3)21-16(20)19(15-12-8-5-9-13-15)18-14-10-6-4-7-11-14/h5,8-10,12-13,18H,4,6-7,11H2,1-3H3. The number of hydrogen-bond acceptors (Lipinski definition) is 3. The summed E-state index contributed by atoms with van der Waals surface area (Å²) >= 11 is 0. The molecule has 0 saturated carbocycles. The average molecular weight is 288 g/mol. The molecule has 0 aromatic heterocycles. The summed E-state index contributed by atoms with van der Waals surface area (Å²) in [7, 11) is 0. The Morgan fingerprint density at radius 3 is 2.48 bits per heavy atom. The molecule has 1 aliphatic carbocycles. The maximum Gasteiger partial charge on any atom is 0.433 e. The second-order valence-electron chi connectivity index (χ2n) is 6.24. The second-order valence-corrected chi connectivity index (χ2v) is 6.24. The number of rotatable bonds is 3. The van der Waals surface area contributed by atoms with Gasteiger partial charge in [0.2, 0.25) is 0 Å². The van der Waals surface area contributed by atoms with Crippen LogP contribution in [0.15, 0.2) is 42.1 Å². The van der Waals surface area contributed by atoms with E-state index in [4.69, 9.17) is 4.74 Å². The number of benzene rings is 1. The third kappa shape index (κ3) is 4.81. The number of nitrogens with zero attached hydrogens (tertiary/aromatic N) is 1. The molecule has 0 bridgehead atoms. The zero-order valence-electron chi connectivity index (χ0n) is 13.1. The Morgan fingerprint density at radius 1 is 1.19 bits per heavy atom. The highest BCUT2D eigenvalue weighted by atomic mass is 16.6. The summed E-state index contributed by atoms with van der Waals surface area (Å²) in [5.41, 5.74) is 4.55. The summed E-state index contributed by atoms with van der Waals surface area (Å²) < 4.78 is 5.49. The monoisotopic (exact) mass is 288 g/mol. The van der Waals surface area contributed by atoms with Gasteiger partial charge in [0, 0.05) is 5.70 Å². The molecule has 0 aliphatic heterocycles. The van der Waals surface area contributed by atoms with Gasteiger partial charge in [0.25, 0.3) is 0 Å². The molecule has 0 radical (unpaired) electrons. The summed E-state index contributed by atoms with van der Waals surface area (Å²) in [6.07, 6.45) is 6.15. The van der Waals surface area contributed by atoms with Crippen LogP contribution in [0.5, 0.6) is 0 Å². The van der Waals surface area contributed by atoms with Gasteiger partial charge in [-0.2, -0.15) is 5.01 Å². The third-order valence-corrected chi connectivity index (χ3v) is 3.14. The Kier molecular flexibility index (Phi) is 4.89. The highest BCUT2D eigenvalue weighted by Crippen LogP contribution is 2.20. The van der Waals surface area contributed by atoms with Crippen LogP contribution >= 0.6 is 0 Å². The molecule has 1 N–H and O–H groups in total. The number of carbonyl (C=O) groups is 1. The van der Waals surface area contributed by atoms with Gasteiger partial charge >= 0.3 is 6.09 Å². The van der Waals surface area contributed by atoms with Crippen LogP contribution in [-0.2, 0) is 4.74 Å².